The Labute approximate surface area is 408 Å². The number of aliphatic hydroxyl groups excluding tert-OH is 5. The number of unbranched alkanes of at least 4 members (excludes halogenated alkanes) is 24. The highest BCUT2D eigenvalue weighted by Gasteiger charge is 2.47. The molecular formula is C56H99NO10. The van der Waals surface area contributed by atoms with Gasteiger partial charge in [0.2, 0.25) is 5.91 Å². The quantitative estimate of drug-likeness (QED) is 0.0149. The van der Waals surface area contributed by atoms with Crippen LogP contribution >= 0.6 is 0 Å². The van der Waals surface area contributed by atoms with Crippen molar-refractivity contribution >= 4 is 11.9 Å². The fourth-order valence-electron chi connectivity index (χ4n) is 8.10. The van der Waals surface area contributed by atoms with Crippen LogP contribution in [0.15, 0.2) is 60.8 Å². The average molecular weight is 946 g/mol. The molecule has 1 heterocycles. The van der Waals surface area contributed by atoms with Gasteiger partial charge in [0.25, 0.3) is 0 Å². The van der Waals surface area contributed by atoms with Gasteiger partial charge in [-0.1, -0.05) is 210 Å². The number of allylic oxidation sites excluding steroid dienone is 9. The summed E-state index contributed by atoms with van der Waals surface area (Å²) in [5.74, 6) is -1.22. The van der Waals surface area contributed by atoms with Crippen LogP contribution in [0.25, 0.3) is 0 Å². The summed E-state index contributed by atoms with van der Waals surface area (Å²) in [6, 6.07) is -1.03. The molecule has 0 aromatic carbocycles. The van der Waals surface area contributed by atoms with Crippen molar-refractivity contribution in [1.29, 1.82) is 0 Å². The van der Waals surface area contributed by atoms with Crippen LogP contribution in [0.3, 0.4) is 0 Å². The lowest BCUT2D eigenvalue weighted by molar-refractivity contribution is -0.305. The molecule has 1 aliphatic rings. The Morgan fingerprint density at radius 3 is 1.69 bits per heavy atom. The van der Waals surface area contributed by atoms with Crippen molar-refractivity contribution in [3.8, 4) is 0 Å². The Hall–Kier alpha value is -2.64. The van der Waals surface area contributed by atoms with E-state index in [2.05, 4.69) is 62.5 Å². The van der Waals surface area contributed by atoms with Gasteiger partial charge in [0.15, 0.2) is 12.4 Å². The second kappa shape index (κ2) is 44.6. The SMILES string of the molecule is CC/C=C/C=C/C=C/CCCCCCCCC(O)C(=O)NC(COC1OC(CO)C(O)C(O)C1OC(=O)CCCCCCC/C=C\CCCC)C(O)/C=C/CCCCCCCCCCCCC. The van der Waals surface area contributed by atoms with Gasteiger partial charge in [-0.15, -0.1) is 0 Å². The molecule has 0 aliphatic carbocycles. The largest absolute Gasteiger partial charge is 0.454 e. The van der Waals surface area contributed by atoms with Gasteiger partial charge in [-0.25, -0.2) is 0 Å². The molecule has 0 bridgehead atoms. The summed E-state index contributed by atoms with van der Waals surface area (Å²) in [6.45, 7) is 5.58. The van der Waals surface area contributed by atoms with E-state index in [9.17, 15) is 35.1 Å². The topological polar surface area (TPSA) is 175 Å². The van der Waals surface area contributed by atoms with E-state index in [1.54, 1.807) is 6.08 Å². The van der Waals surface area contributed by atoms with Crippen LogP contribution in [-0.2, 0) is 23.8 Å². The molecule has 1 fully saturated rings. The molecule has 11 heteroatoms. The Kier molecular flexibility index (Phi) is 41.5. The molecule has 388 valence electrons. The van der Waals surface area contributed by atoms with Gasteiger partial charge in [-0.05, 0) is 64.2 Å². The van der Waals surface area contributed by atoms with E-state index < -0.39 is 67.4 Å². The van der Waals surface area contributed by atoms with Crippen LogP contribution in [0.4, 0.5) is 0 Å². The van der Waals surface area contributed by atoms with Gasteiger partial charge in [-0.3, -0.25) is 9.59 Å². The minimum absolute atomic E-state index is 0.110. The molecule has 0 saturated carbocycles. The van der Waals surface area contributed by atoms with Crippen molar-refractivity contribution in [1.82, 2.24) is 5.32 Å². The first-order chi connectivity index (χ1) is 32.7. The van der Waals surface area contributed by atoms with Gasteiger partial charge in [0, 0.05) is 6.42 Å². The number of amides is 1. The second-order valence-corrected chi connectivity index (χ2v) is 18.6. The smallest absolute Gasteiger partial charge is 0.306 e. The van der Waals surface area contributed by atoms with Crippen LogP contribution in [0.2, 0.25) is 0 Å². The summed E-state index contributed by atoms with van der Waals surface area (Å²) in [7, 11) is 0. The summed E-state index contributed by atoms with van der Waals surface area (Å²) >= 11 is 0. The summed E-state index contributed by atoms with van der Waals surface area (Å²) in [5, 5.41) is 56.6. The predicted molar refractivity (Wildman–Crippen MR) is 273 cm³/mol. The van der Waals surface area contributed by atoms with E-state index in [4.69, 9.17) is 14.2 Å². The number of aliphatic hydroxyl groups is 5. The standard InChI is InChI=1S/C56H99NO10/c1-4-7-10-13-16-19-22-24-26-29-31-34-37-40-43-49(60)55(64)57-47(48(59)42-39-36-33-30-28-25-23-20-17-14-11-8-5-2)46-65-56-54(53(63)52(62)50(45-58)66-56)67-51(61)44-41-38-35-32-27-21-18-15-12-9-6-3/h7,10,13,15-16,18-19,22,39,42,47-50,52-54,56,58-60,62-63H,4-6,8-9,11-12,14,17,20-21,23-38,40-41,43-46H2,1-3H3,(H,57,64)/b10-7+,16-13+,18-15-,22-19+,42-39+. The molecule has 67 heavy (non-hydrogen) atoms. The lowest BCUT2D eigenvalue weighted by Gasteiger charge is -2.41. The van der Waals surface area contributed by atoms with Crippen LogP contribution in [0.1, 0.15) is 220 Å². The number of esters is 1. The van der Waals surface area contributed by atoms with Crippen molar-refractivity contribution in [2.45, 2.75) is 269 Å². The number of hydrogen-bond donors (Lipinski definition) is 6. The number of hydrogen-bond acceptors (Lipinski definition) is 10. The molecule has 0 aromatic rings. The van der Waals surface area contributed by atoms with Gasteiger partial charge in [0.1, 0.15) is 24.4 Å². The molecule has 8 atom stereocenters. The van der Waals surface area contributed by atoms with Crippen molar-refractivity contribution in [2.24, 2.45) is 0 Å². The number of rotatable bonds is 44. The van der Waals surface area contributed by atoms with Crippen LogP contribution in [0, 0.1) is 0 Å². The van der Waals surface area contributed by atoms with Gasteiger partial charge in [0.05, 0.1) is 25.4 Å². The number of carbonyl (C=O) groups excluding carboxylic acids is 2. The normalized spacial score (nSPS) is 20.5. The lowest BCUT2D eigenvalue weighted by Crippen LogP contribution is -2.61. The third-order valence-electron chi connectivity index (χ3n) is 12.5. The maximum Gasteiger partial charge on any atom is 0.306 e. The number of carbonyl (C=O) groups is 2. The Morgan fingerprint density at radius 1 is 0.597 bits per heavy atom. The fourth-order valence-corrected chi connectivity index (χ4v) is 8.10. The van der Waals surface area contributed by atoms with Gasteiger partial charge < -0.3 is 45.1 Å². The Morgan fingerprint density at radius 2 is 1.10 bits per heavy atom. The minimum Gasteiger partial charge on any atom is -0.454 e. The summed E-state index contributed by atoms with van der Waals surface area (Å²) in [4.78, 5) is 26.3. The Balaban J connectivity index is 2.79. The maximum absolute atomic E-state index is 13.3. The second-order valence-electron chi connectivity index (χ2n) is 18.6. The molecule has 0 aromatic heterocycles. The molecule has 1 amide bonds. The van der Waals surface area contributed by atoms with Gasteiger partial charge in [-0.2, -0.15) is 0 Å². The molecule has 1 saturated heterocycles. The van der Waals surface area contributed by atoms with E-state index in [0.29, 0.717) is 12.8 Å². The molecule has 0 radical (unpaired) electrons. The van der Waals surface area contributed by atoms with E-state index in [-0.39, 0.29) is 19.4 Å². The number of ether oxygens (including phenoxy) is 3. The van der Waals surface area contributed by atoms with Crippen LogP contribution in [-0.4, -0.2) is 99.6 Å². The zero-order valence-electron chi connectivity index (χ0n) is 42.5. The minimum atomic E-state index is -1.62. The Bertz CT molecular complexity index is 1320. The highest BCUT2D eigenvalue weighted by atomic mass is 16.7. The van der Waals surface area contributed by atoms with E-state index in [1.807, 2.05) is 18.2 Å². The summed E-state index contributed by atoms with van der Waals surface area (Å²) in [5.41, 5.74) is 0. The van der Waals surface area contributed by atoms with Gasteiger partial charge >= 0.3 is 5.97 Å². The van der Waals surface area contributed by atoms with E-state index >= 15 is 0 Å². The third kappa shape index (κ3) is 33.5. The average Bonchev–Trinajstić information content (AvgIpc) is 3.32. The first-order valence-electron chi connectivity index (χ1n) is 27.1. The molecule has 6 N–H and O–H groups in total. The van der Waals surface area contributed by atoms with E-state index in [1.165, 1.54) is 70.6 Å². The first-order valence-corrected chi connectivity index (χ1v) is 27.1. The fraction of sp³-hybridized carbons (Fsp3) is 0.786. The third-order valence-corrected chi connectivity index (χ3v) is 12.5. The molecule has 0 spiro atoms. The first kappa shape index (κ1) is 62.4. The van der Waals surface area contributed by atoms with Crippen molar-refractivity contribution < 1.29 is 49.3 Å². The van der Waals surface area contributed by atoms with E-state index in [0.717, 1.165) is 103 Å². The molecule has 8 unspecified atom stereocenters. The molecular weight excluding hydrogens is 847 g/mol. The van der Waals surface area contributed by atoms with Crippen LogP contribution in [0.5, 0.6) is 0 Å². The molecule has 11 nitrogen and oxygen atoms in total. The van der Waals surface area contributed by atoms with Crippen molar-refractivity contribution in [3.63, 3.8) is 0 Å². The maximum atomic E-state index is 13.3. The highest BCUT2D eigenvalue weighted by Crippen LogP contribution is 2.26. The van der Waals surface area contributed by atoms with Crippen molar-refractivity contribution in [3.05, 3.63) is 60.8 Å². The monoisotopic (exact) mass is 946 g/mol. The zero-order chi connectivity index (χ0) is 49.0. The predicted octanol–water partition coefficient (Wildman–Crippen LogP) is 11.5. The molecule has 1 rings (SSSR count). The van der Waals surface area contributed by atoms with Crippen LogP contribution < -0.4 is 5.32 Å². The zero-order valence-corrected chi connectivity index (χ0v) is 42.5. The summed E-state index contributed by atoms with van der Waals surface area (Å²) in [6.07, 6.45) is 42.7. The molecule has 1 aliphatic heterocycles. The van der Waals surface area contributed by atoms with Crippen molar-refractivity contribution in [2.75, 3.05) is 13.2 Å². The number of nitrogens with one attached hydrogen (secondary N) is 1. The highest BCUT2D eigenvalue weighted by molar-refractivity contribution is 5.80. The lowest BCUT2D eigenvalue weighted by atomic mass is 9.99. The summed E-state index contributed by atoms with van der Waals surface area (Å²) < 4.78 is 17.5.